The van der Waals surface area contributed by atoms with Crippen LogP contribution in [0.1, 0.15) is 33.5 Å². The van der Waals surface area contributed by atoms with Gasteiger partial charge in [0.1, 0.15) is 68.6 Å². The van der Waals surface area contributed by atoms with E-state index >= 15 is 0 Å². The maximum absolute atomic E-state index is 13.9. The minimum absolute atomic E-state index is 0.0121. The van der Waals surface area contributed by atoms with Crippen molar-refractivity contribution in [1.82, 2.24) is 0 Å². The third-order valence-corrected chi connectivity index (χ3v) is 7.04. The number of aromatic hydroxyl groups is 5. The number of rotatable bonds is 4. The molecule has 0 fully saturated rings. The number of benzene rings is 4. The average Bonchev–Trinajstić information content (AvgIpc) is 2.93. The molecule has 0 bridgehead atoms. The van der Waals surface area contributed by atoms with Gasteiger partial charge in [-0.25, -0.2) is 0 Å². The Morgan fingerprint density at radius 3 is 2.24 bits per heavy atom. The smallest absolute Gasteiger partial charge is 0.197 e. The first-order valence-corrected chi connectivity index (χ1v) is 12.4. The third kappa shape index (κ3) is 4.31. The van der Waals surface area contributed by atoms with Crippen LogP contribution in [0.3, 0.4) is 0 Å². The number of ether oxygens (including phenoxy) is 2. The molecule has 1 aliphatic rings. The van der Waals surface area contributed by atoms with Gasteiger partial charge in [0.25, 0.3) is 0 Å². The van der Waals surface area contributed by atoms with Crippen molar-refractivity contribution in [1.29, 1.82) is 0 Å². The van der Waals surface area contributed by atoms with Crippen LogP contribution in [0.5, 0.6) is 40.2 Å². The maximum Gasteiger partial charge on any atom is 0.197 e. The summed E-state index contributed by atoms with van der Waals surface area (Å²) >= 11 is 0. The fraction of sp³-hybridized carbons (Fsp3) is 0.0968. The lowest BCUT2D eigenvalue weighted by Gasteiger charge is -2.34. The first kappa shape index (κ1) is 25.6. The number of ketones is 1. The Kier molecular flexibility index (Phi) is 5.95. The van der Waals surface area contributed by atoms with Crippen molar-refractivity contribution in [3.05, 3.63) is 99.7 Å². The summed E-state index contributed by atoms with van der Waals surface area (Å²) in [6.45, 7) is 0. The van der Waals surface area contributed by atoms with Crippen LogP contribution in [0.25, 0.3) is 22.3 Å². The normalized spacial score (nSPS) is 16.3. The fourth-order valence-corrected chi connectivity index (χ4v) is 5.11. The van der Waals surface area contributed by atoms with E-state index in [1.807, 2.05) is 0 Å². The lowest BCUT2D eigenvalue weighted by Crippen LogP contribution is -2.30. The summed E-state index contributed by atoms with van der Waals surface area (Å²) in [5, 5.41) is 51.6. The highest BCUT2D eigenvalue weighted by Crippen LogP contribution is 2.50. The van der Waals surface area contributed by atoms with Crippen molar-refractivity contribution < 1.29 is 44.2 Å². The van der Waals surface area contributed by atoms with E-state index in [2.05, 4.69) is 0 Å². The zero-order valence-electron chi connectivity index (χ0n) is 21.4. The minimum Gasteiger partial charge on any atom is -0.508 e. The molecule has 5 aromatic rings. The monoisotopic (exact) mass is 554 g/mol. The highest BCUT2D eigenvalue weighted by Gasteiger charge is 2.42. The van der Waals surface area contributed by atoms with E-state index in [0.29, 0.717) is 11.1 Å². The second kappa shape index (κ2) is 9.53. The molecule has 1 aliphatic heterocycles. The molecule has 0 amide bonds. The van der Waals surface area contributed by atoms with Gasteiger partial charge in [-0.15, -0.1) is 0 Å². The first-order valence-electron chi connectivity index (χ1n) is 12.4. The second-order valence-electron chi connectivity index (χ2n) is 9.58. The number of phenols is 5. The Hall–Kier alpha value is -5.64. The van der Waals surface area contributed by atoms with Gasteiger partial charge in [0, 0.05) is 41.5 Å². The highest BCUT2D eigenvalue weighted by atomic mass is 16.5. The van der Waals surface area contributed by atoms with Crippen LogP contribution in [0.4, 0.5) is 0 Å². The molecule has 0 saturated heterocycles. The topological polar surface area (TPSA) is 167 Å². The van der Waals surface area contributed by atoms with E-state index in [4.69, 9.17) is 13.9 Å². The maximum atomic E-state index is 13.9. The number of hydrogen-bond acceptors (Lipinski definition) is 10. The third-order valence-electron chi connectivity index (χ3n) is 7.04. The molecule has 0 aliphatic carbocycles. The van der Waals surface area contributed by atoms with Crippen molar-refractivity contribution in [2.24, 2.45) is 0 Å². The SMILES string of the molecule is COc1cc(O)c2c(=O)cc(-c3ccc(O)c(C4C(=O)c5c(O)cc(O)cc5OC4c4ccc(O)cc4)c3)oc2c1. The van der Waals surface area contributed by atoms with E-state index in [9.17, 15) is 35.1 Å². The number of methoxy groups -OCH3 is 1. The summed E-state index contributed by atoms with van der Waals surface area (Å²) in [4.78, 5) is 26.9. The van der Waals surface area contributed by atoms with Crippen molar-refractivity contribution in [2.75, 3.05) is 7.11 Å². The summed E-state index contributed by atoms with van der Waals surface area (Å²) in [7, 11) is 1.40. The molecule has 206 valence electrons. The number of carbonyl (C=O) groups is 1. The predicted molar refractivity (Wildman–Crippen MR) is 146 cm³/mol. The van der Waals surface area contributed by atoms with Crippen LogP contribution >= 0.6 is 0 Å². The van der Waals surface area contributed by atoms with E-state index in [1.165, 1.54) is 61.7 Å². The summed E-state index contributed by atoms with van der Waals surface area (Å²) < 4.78 is 17.2. The van der Waals surface area contributed by atoms with E-state index < -0.39 is 29.0 Å². The summed E-state index contributed by atoms with van der Waals surface area (Å²) in [6, 6.07) is 16.4. The Morgan fingerprint density at radius 1 is 0.756 bits per heavy atom. The van der Waals surface area contributed by atoms with Crippen LogP contribution in [-0.4, -0.2) is 38.4 Å². The van der Waals surface area contributed by atoms with Gasteiger partial charge in [-0.05, 0) is 35.9 Å². The van der Waals surface area contributed by atoms with Gasteiger partial charge in [-0.1, -0.05) is 12.1 Å². The lowest BCUT2D eigenvalue weighted by molar-refractivity contribution is 0.0772. The molecule has 2 atom stereocenters. The molecular weight excluding hydrogens is 532 g/mol. The minimum atomic E-state index is -1.20. The van der Waals surface area contributed by atoms with E-state index in [1.54, 1.807) is 12.1 Å². The molecular formula is C31H22O10. The van der Waals surface area contributed by atoms with Crippen LogP contribution in [0.2, 0.25) is 0 Å². The molecule has 10 nitrogen and oxygen atoms in total. The first-order chi connectivity index (χ1) is 19.6. The molecule has 0 spiro atoms. The van der Waals surface area contributed by atoms with E-state index in [-0.39, 0.29) is 62.4 Å². The molecule has 5 N–H and O–H groups in total. The molecule has 2 unspecified atom stereocenters. The Balaban J connectivity index is 1.54. The van der Waals surface area contributed by atoms with Gasteiger partial charge < -0.3 is 39.4 Å². The Labute approximate surface area is 231 Å². The van der Waals surface area contributed by atoms with Gasteiger partial charge in [0.2, 0.25) is 0 Å². The number of hydrogen-bond donors (Lipinski definition) is 5. The van der Waals surface area contributed by atoms with Crippen LogP contribution in [0.15, 0.2) is 82.0 Å². The lowest BCUT2D eigenvalue weighted by atomic mass is 9.79. The predicted octanol–water partition coefficient (Wildman–Crippen LogP) is 5.10. The standard InChI is InChI=1S/C31H22O10/c1-39-18-11-22(36)28-23(37)13-24(40-26(28)12-18)15-4-7-20(34)19(8-15)27-30(38)29-21(35)9-17(33)10-25(29)41-31(27)14-2-5-16(32)6-3-14/h2-13,27,31-36H,1H3. The van der Waals surface area contributed by atoms with Gasteiger partial charge in [-0.2, -0.15) is 0 Å². The highest BCUT2D eigenvalue weighted by molar-refractivity contribution is 6.07. The largest absolute Gasteiger partial charge is 0.508 e. The average molecular weight is 555 g/mol. The molecule has 0 saturated carbocycles. The molecule has 1 aromatic heterocycles. The second-order valence-corrected chi connectivity index (χ2v) is 9.58. The van der Waals surface area contributed by atoms with Crippen LogP contribution < -0.4 is 14.9 Å². The van der Waals surface area contributed by atoms with Crippen LogP contribution in [-0.2, 0) is 0 Å². The Bertz CT molecular complexity index is 1910. The fourth-order valence-electron chi connectivity index (χ4n) is 5.11. The van der Waals surface area contributed by atoms with Gasteiger partial charge in [0.05, 0.1) is 13.0 Å². The van der Waals surface area contributed by atoms with Crippen molar-refractivity contribution in [3.63, 3.8) is 0 Å². The molecule has 2 heterocycles. The summed E-state index contributed by atoms with van der Waals surface area (Å²) in [5.74, 6) is -2.86. The Morgan fingerprint density at radius 2 is 1.51 bits per heavy atom. The van der Waals surface area contributed by atoms with Gasteiger partial charge in [0.15, 0.2) is 11.2 Å². The molecule has 0 radical (unpaired) electrons. The number of carbonyl (C=O) groups excluding carboxylic acids is 1. The van der Waals surface area contributed by atoms with Crippen molar-refractivity contribution in [2.45, 2.75) is 12.0 Å². The molecule has 6 rings (SSSR count). The quantitative estimate of drug-likeness (QED) is 0.202. The van der Waals surface area contributed by atoms with Gasteiger partial charge >= 0.3 is 0 Å². The molecule has 41 heavy (non-hydrogen) atoms. The van der Waals surface area contributed by atoms with Crippen molar-refractivity contribution >= 4 is 16.8 Å². The number of phenolic OH excluding ortho intramolecular Hbond substituents is 5. The molecule has 4 aromatic carbocycles. The summed E-state index contributed by atoms with van der Waals surface area (Å²) in [5.41, 5.74) is 0.286. The van der Waals surface area contributed by atoms with Gasteiger partial charge in [-0.3, -0.25) is 9.59 Å². The summed E-state index contributed by atoms with van der Waals surface area (Å²) in [6.07, 6.45) is -1.04. The van der Waals surface area contributed by atoms with Crippen molar-refractivity contribution in [3.8, 4) is 51.6 Å². The molecule has 10 heteroatoms. The number of Topliss-reactive ketones (excluding diaryl/α,β-unsaturated/α-hetero) is 1. The number of fused-ring (bicyclic) bond motifs is 2. The zero-order valence-corrected chi connectivity index (χ0v) is 21.4. The van der Waals surface area contributed by atoms with Crippen LogP contribution in [0, 0.1) is 0 Å². The zero-order chi connectivity index (χ0) is 29.0. The van der Waals surface area contributed by atoms with E-state index in [0.717, 1.165) is 6.07 Å².